The molecule has 2 heterocycles. The molecule has 49 heavy (non-hydrogen) atoms. The van der Waals surface area contributed by atoms with Crippen LogP contribution in [-0.4, -0.2) is 0 Å². The Balaban J connectivity index is 1.27. The van der Waals surface area contributed by atoms with E-state index in [0.717, 1.165) is 83.0 Å². The lowest BCUT2D eigenvalue weighted by Crippen LogP contribution is -2.11. The summed E-state index contributed by atoms with van der Waals surface area (Å²) in [6.45, 7) is 0. The molecule has 3 heteroatoms. The van der Waals surface area contributed by atoms with Crippen LogP contribution in [0.1, 0.15) is 0 Å². The highest BCUT2D eigenvalue weighted by Gasteiger charge is 2.24. The van der Waals surface area contributed by atoms with Crippen LogP contribution in [0.25, 0.3) is 76.9 Å². The minimum atomic E-state index is 0.849. The number of benzene rings is 8. The van der Waals surface area contributed by atoms with Crippen LogP contribution in [0.2, 0.25) is 0 Å². The van der Waals surface area contributed by atoms with Crippen LogP contribution in [0.4, 0.5) is 17.1 Å². The normalized spacial score (nSPS) is 11.7. The molecule has 0 atom stereocenters. The summed E-state index contributed by atoms with van der Waals surface area (Å²) in [5.74, 6) is 0. The second kappa shape index (κ2) is 11.0. The second-order valence-electron chi connectivity index (χ2n) is 12.5. The molecular weight excluding hydrogens is 599 g/mol. The highest BCUT2D eigenvalue weighted by Crippen LogP contribution is 2.48. The maximum absolute atomic E-state index is 6.67. The number of para-hydroxylation sites is 3. The summed E-state index contributed by atoms with van der Waals surface area (Å²) in [6.07, 6.45) is 0. The molecule has 0 spiro atoms. The van der Waals surface area contributed by atoms with Crippen LogP contribution < -0.4 is 4.90 Å². The monoisotopic (exact) mass is 627 g/mol. The molecule has 0 radical (unpaired) electrons. The van der Waals surface area contributed by atoms with E-state index in [9.17, 15) is 0 Å². The van der Waals surface area contributed by atoms with Gasteiger partial charge in [-0.1, -0.05) is 133 Å². The number of fused-ring (bicyclic) bond motifs is 8. The average molecular weight is 628 g/mol. The molecule has 0 saturated heterocycles. The molecule has 0 N–H and O–H groups in total. The maximum atomic E-state index is 6.67. The van der Waals surface area contributed by atoms with E-state index >= 15 is 0 Å². The van der Waals surface area contributed by atoms with Crippen molar-refractivity contribution in [2.75, 3.05) is 4.90 Å². The Morgan fingerprint density at radius 3 is 1.96 bits per heavy atom. The highest BCUT2D eigenvalue weighted by atomic mass is 16.3. The summed E-state index contributed by atoms with van der Waals surface area (Å²) in [5.41, 5.74) is 11.1. The summed E-state index contributed by atoms with van der Waals surface area (Å²) < 4.78 is 13.3. The van der Waals surface area contributed by atoms with E-state index in [-0.39, 0.29) is 0 Å². The topological polar surface area (TPSA) is 29.5 Å². The van der Waals surface area contributed by atoms with Crippen LogP contribution in [0.5, 0.6) is 0 Å². The van der Waals surface area contributed by atoms with Crippen molar-refractivity contribution in [3.05, 3.63) is 176 Å². The van der Waals surface area contributed by atoms with Crippen LogP contribution >= 0.6 is 0 Å². The predicted molar refractivity (Wildman–Crippen MR) is 204 cm³/mol. The van der Waals surface area contributed by atoms with Gasteiger partial charge in [0.25, 0.3) is 0 Å². The number of hydrogen-bond acceptors (Lipinski definition) is 3. The second-order valence-corrected chi connectivity index (χ2v) is 12.5. The number of furan rings is 2. The van der Waals surface area contributed by atoms with Gasteiger partial charge in [0.05, 0.1) is 11.4 Å². The lowest BCUT2D eigenvalue weighted by Gasteiger charge is -2.28. The molecule has 0 aliphatic heterocycles. The number of hydrogen-bond donors (Lipinski definition) is 0. The SMILES string of the molecule is c1ccc(-c2cccc(N(c3ccccc3-c3cccc4oc5c6ccccc6ccc5c34)c3cccc4c3oc3ccccc34)c2)cc1. The lowest BCUT2D eigenvalue weighted by molar-refractivity contribution is 0.669. The van der Waals surface area contributed by atoms with Crippen molar-refractivity contribution in [1.29, 1.82) is 0 Å². The fourth-order valence-corrected chi connectivity index (χ4v) is 7.45. The third-order valence-electron chi connectivity index (χ3n) is 9.66. The van der Waals surface area contributed by atoms with Crippen molar-refractivity contribution in [3.63, 3.8) is 0 Å². The summed E-state index contributed by atoms with van der Waals surface area (Å²) in [6, 6.07) is 61.9. The molecule has 8 aromatic carbocycles. The van der Waals surface area contributed by atoms with Gasteiger partial charge in [0.2, 0.25) is 0 Å². The molecule has 0 saturated carbocycles. The van der Waals surface area contributed by atoms with E-state index in [1.54, 1.807) is 0 Å². The highest BCUT2D eigenvalue weighted by molar-refractivity contribution is 6.20. The van der Waals surface area contributed by atoms with E-state index < -0.39 is 0 Å². The molecule has 0 amide bonds. The van der Waals surface area contributed by atoms with E-state index in [4.69, 9.17) is 8.83 Å². The molecule has 0 fully saturated rings. The van der Waals surface area contributed by atoms with Crippen LogP contribution in [-0.2, 0) is 0 Å². The number of nitrogens with zero attached hydrogens (tertiary/aromatic N) is 1. The summed E-state index contributed by atoms with van der Waals surface area (Å²) in [7, 11) is 0. The predicted octanol–water partition coefficient (Wildman–Crippen LogP) is 13.4. The Morgan fingerprint density at radius 2 is 1.02 bits per heavy atom. The first kappa shape index (κ1) is 27.5. The first-order valence-electron chi connectivity index (χ1n) is 16.6. The third-order valence-corrected chi connectivity index (χ3v) is 9.66. The van der Waals surface area contributed by atoms with Crippen LogP contribution in [0.3, 0.4) is 0 Å². The zero-order valence-corrected chi connectivity index (χ0v) is 26.5. The molecule has 0 aliphatic rings. The van der Waals surface area contributed by atoms with Crippen LogP contribution in [0.15, 0.2) is 185 Å². The van der Waals surface area contributed by atoms with E-state index in [2.05, 4.69) is 169 Å². The third kappa shape index (κ3) is 4.37. The molecule has 2 aromatic heterocycles. The quantitative estimate of drug-likeness (QED) is 0.190. The average Bonchev–Trinajstić information content (AvgIpc) is 3.75. The van der Waals surface area contributed by atoms with Crippen molar-refractivity contribution >= 4 is 71.7 Å². The van der Waals surface area contributed by atoms with Gasteiger partial charge < -0.3 is 13.7 Å². The Kier molecular flexibility index (Phi) is 6.18. The molecule has 10 rings (SSSR count). The minimum Gasteiger partial charge on any atom is -0.455 e. The van der Waals surface area contributed by atoms with Crippen LogP contribution in [0, 0.1) is 0 Å². The van der Waals surface area contributed by atoms with Gasteiger partial charge in [-0.2, -0.15) is 0 Å². The molecular formula is C46H29NO2. The Labute approximate surface area is 282 Å². The van der Waals surface area contributed by atoms with Gasteiger partial charge >= 0.3 is 0 Å². The maximum Gasteiger partial charge on any atom is 0.159 e. The molecule has 0 unspecified atom stereocenters. The first-order valence-corrected chi connectivity index (χ1v) is 16.6. The van der Waals surface area contributed by atoms with Gasteiger partial charge in [-0.15, -0.1) is 0 Å². The van der Waals surface area contributed by atoms with Crippen molar-refractivity contribution in [2.24, 2.45) is 0 Å². The molecule has 0 bridgehead atoms. The smallest absolute Gasteiger partial charge is 0.159 e. The summed E-state index contributed by atoms with van der Waals surface area (Å²) in [4.78, 5) is 2.35. The Morgan fingerprint density at radius 1 is 0.367 bits per heavy atom. The summed E-state index contributed by atoms with van der Waals surface area (Å²) >= 11 is 0. The standard InChI is InChI=1S/C46H29NO2/c1-2-13-30(14-3-1)32-16-10-17-33(29-32)47(41-24-11-22-38-36-20-7-9-25-42(36)48-46(38)41)40-23-8-6-19-35(40)37-21-12-26-43-44(37)39-28-27-31-15-4-5-18-34(31)45(39)49-43/h1-29H. The molecule has 10 aromatic rings. The van der Waals surface area contributed by atoms with Crippen molar-refractivity contribution in [1.82, 2.24) is 0 Å². The Bertz CT molecular complexity index is 2840. The van der Waals surface area contributed by atoms with E-state index in [0.29, 0.717) is 0 Å². The van der Waals surface area contributed by atoms with Gasteiger partial charge in [0.1, 0.15) is 16.7 Å². The fraction of sp³-hybridized carbons (Fsp3) is 0. The number of rotatable bonds is 5. The Hall–Kier alpha value is -6.58. The van der Waals surface area contributed by atoms with E-state index in [1.807, 2.05) is 12.1 Å². The van der Waals surface area contributed by atoms with E-state index in [1.165, 1.54) is 10.9 Å². The molecule has 3 nitrogen and oxygen atoms in total. The fourth-order valence-electron chi connectivity index (χ4n) is 7.45. The summed E-state index contributed by atoms with van der Waals surface area (Å²) in [5, 5.41) is 6.69. The molecule has 230 valence electrons. The zero-order chi connectivity index (χ0) is 32.3. The van der Waals surface area contributed by atoms with Gasteiger partial charge in [-0.05, 0) is 64.5 Å². The van der Waals surface area contributed by atoms with Gasteiger partial charge in [-0.25, -0.2) is 0 Å². The van der Waals surface area contributed by atoms with Crippen molar-refractivity contribution in [3.8, 4) is 22.3 Å². The van der Waals surface area contributed by atoms with Gasteiger partial charge in [-0.3, -0.25) is 0 Å². The zero-order valence-electron chi connectivity index (χ0n) is 26.5. The largest absolute Gasteiger partial charge is 0.455 e. The van der Waals surface area contributed by atoms with Gasteiger partial charge in [0.15, 0.2) is 5.58 Å². The first-order chi connectivity index (χ1) is 24.3. The number of anilines is 3. The minimum absolute atomic E-state index is 0.849. The van der Waals surface area contributed by atoms with Crippen molar-refractivity contribution in [2.45, 2.75) is 0 Å². The van der Waals surface area contributed by atoms with Crippen molar-refractivity contribution < 1.29 is 8.83 Å². The molecule has 0 aliphatic carbocycles. The van der Waals surface area contributed by atoms with Gasteiger partial charge in [0, 0.05) is 38.2 Å². The lowest BCUT2D eigenvalue weighted by atomic mass is 9.96.